The molecule has 1 fully saturated rings. The van der Waals surface area contributed by atoms with Crippen molar-refractivity contribution in [2.75, 3.05) is 25.5 Å². The summed E-state index contributed by atoms with van der Waals surface area (Å²) in [7, 11) is 2.34. The number of hydrogen-bond donors (Lipinski definition) is 1. The predicted octanol–water partition coefficient (Wildman–Crippen LogP) is 2.24. The Bertz CT molecular complexity index is 800. The van der Waals surface area contributed by atoms with Crippen LogP contribution >= 0.6 is 15.9 Å². The fourth-order valence-corrected chi connectivity index (χ4v) is 4.00. The Morgan fingerprint density at radius 3 is 2.59 bits per heavy atom. The molecule has 0 radical (unpaired) electrons. The van der Waals surface area contributed by atoms with Crippen LogP contribution in [0.5, 0.6) is 0 Å². The summed E-state index contributed by atoms with van der Waals surface area (Å²) in [4.78, 5) is 12.2. The average Bonchev–Trinajstić information content (AvgIpc) is 2.61. The van der Waals surface area contributed by atoms with Crippen molar-refractivity contribution < 1.29 is 21.7 Å². The quantitative estimate of drug-likeness (QED) is 0.550. The van der Waals surface area contributed by atoms with Crippen LogP contribution in [0.15, 0.2) is 59.1 Å². The summed E-state index contributed by atoms with van der Waals surface area (Å²) in [5, 5.41) is 2.97. The summed E-state index contributed by atoms with van der Waals surface area (Å²) in [6, 6.07) is 16.1. The normalized spacial score (nSPS) is 15.9. The summed E-state index contributed by atoms with van der Waals surface area (Å²) in [6.07, 6.45) is 7.38. The molecular weight excluding hydrogens is 424 g/mol. The number of rotatable bonds is 5. The monoisotopic (exact) mass is 448 g/mol. The second-order valence-electron chi connectivity index (χ2n) is 7.36. The van der Waals surface area contributed by atoms with E-state index < -0.39 is 0 Å². The summed E-state index contributed by atoms with van der Waals surface area (Å²) in [6.45, 7) is 3.51. The van der Waals surface area contributed by atoms with Crippen LogP contribution in [0, 0.1) is 0 Å². The SMILES string of the molecule is C[N+]1(Cc2cccc(NC(=O)C=Cc3cccc(Br)c3)c2)CCCCC1.[Cl-]. The van der Waals surface area contributed by atoms with Crippen LogP contribution < -0.4 is 17.7 Å². The van der Waals surface area contributed by atoms with Crippen LogP contribution in [-0.2, 0) is 11.3 Å². The largest absolute Gasteiger partial charge is 1.00 e. The number of quaternary nitrogens is 1. The van der Waals surface area contributed by atoms with Gasteiger partial charge in [-0.2, -0.15) is 0 Å². The number of piperidine rings is 1. The van der Waals surface area contributed by atoms with Gasteiger partial charge in [0.05, 0.1) is 20.1 Å². The molecule has 0 bridgehead atoms. The number of halogens is 2. The Hall–Kier alpha value is -1.62. The summed E-state index contributed by atoms with van der Waals surface area (Å²) in [5.74, 6) is -0.111. The molecule has 1 aliphatic heterocycles. The number of amides is 1. The average molecular weight is 450 g/mol. The molecule has 0 spiro atoms. The third-order valence-electron chi connectivity index (χ3n) is 4.93. The fraction of sp³-hybridized carbons (Fsp3) is 0.318. The molecular formula is C22H26BrClN2O. The van der Waals surface area contributed by atoms with Crippen LogP contribution in [-0.4, -0.2) is 30.5 Å². The first-order chi connectivity index (χ1) is 12.5. The van der Waals surface area contributed by atoms with Gasteiger partial charge in [0.15, 0.2) is 0 Å². The maximum Gasteiger partial charge on any atom is 0.248 e. The van der Waals surface area contributed by atoms with E-state index in [9.17, 15) is 4.79 Å². The van der Waals surface area contributed by atoms with Gasteiger partial charge in [-0.15, -0.1) is 0 Å². The minimum Gasteiger partial charge on any atom is -1.00 e. The highest BCUT2D eigenvalue weighted by atomic mass is 79.9. The van der Waals surface area contributed by atoms with E-state index >= 15 is 0 Å². The highest BCUT2D eigenvalue weighted by Crippen LogP contribution is 2.22. The minimum absolute atomic E-state index is 0. The smallest absolute Gasteiger partial charge is 0.248 e. The molecule has 3 rings (SSSR count). The molecule has 1 heterocycles. The molecule has 1 N–H and O–H groups in total. The summed E-state index contributed by atoms with van der Waals surface area (Å²) >= 11 is 3.44. The molecule has 0 aromatic heterocycles. The molecule has 144 valence electrons. The van der Waals surface area contributed by atoms with Crippen LogP contribution in [0.1, 0.15) is 30.4 Å². The maximum atomic E-state index is 12.2. The molecule has 0 unspecified atom stereocenters. The van der Waals surface area contributed by atoms with Crippen LogP contribution in [0.2, 0.25) is 0 Å². The Labute approximate surface area is 176 Å². The zero-order valence-electron chi connectivity index (χ0n) is 15.6. The highest BCUT2D eigenvalue weighted by molar-refractivity contribution is 9.10. The van der Waals surface area contributed by atoms with Gasteiger partial charge in [-0.3, -0.25) is 4.79 Å². The van der Waals surface area contributed by atoms with Gasteiger partial charge < -0.3 is 22.2 Å². The van der Waals surface area contributed by atoms with Crippen molar-refractivity contribution >= 4 is 33.6 Å². The second-order valence-corrected chi connectivity index (χ2v) is 8.28. The molecule has 0 aliphatic carbocycles. The van der Waals surface area contributed by atoms with Crippen molar-refractivity contribution in [3.8, 4) is 0 Å². The first-order valence-corrected chi connectivity index (χ1v) is 9.99. The van der Waals surface area contributed by atoms with Gasteiger partial charge in [-0.1, -0.05) is 40.2 Å². The van der Waals surface area contributed by atoms with Crippen molar-refractivity contribution in [3.05, 3.63) is 70.2 Å². The number of hydrogen-bond acceptors (Lipinski definition) is 1. The summed E-state index contributed by atoms with van der Waals surface area (Å²) < 4.78 is 2.10. The lowest BCUT2D eigenvalue weighted by molar-refractivity contribution is -0.926. The molecule has 1 saturated heterocycles. The number of benzene rings is 2. The number of nitrogens with one attached hydrogen (secondary N) is 1. The first-order valence-electron chi connectivity index (χ1n) is 9.20. The maximum absolute atomic E-state index is 12.2. The van der Waals surface area contributed by atoms with E-state index in [1.807, 2.05) is 42.5 Å². The van der Waals surface area contributed by atoms with Crippen molar-refractivity contribution in [1.82, 2.24) is 0 Å². The van der Waals surface area contributed by atoms with Crippen molar-refractivity contribution in [1.29, 1.82) is 0 Å². The van der Waals surface area contributed by atoms with E-state index in [1.165, 1.54) is 37.9 Å². The van der Waals surface area contributed by atoms with Gasteiger partial charge in [-0.05, 0) is 55.2 Å². The van der Waals surface area contributed by atoms with Gasteiger partial charge in [0, 0.05) is 21.8 Å². The van der Waals surface area contributed by atoms with Crippen molar-refractivity contribution in [2.45, 2.75) is 25.8 Å². The van der Waals surface area contributed by atoms with Gasteiger partial charge in [0.2, 0.25) is 5.91 Å². The third-order valence-corrected chi connectivity index (χ3v) is 5.42. The molecule has 1 aliphatic rings. The minimum atomic E-state index is -0.111. The van der Waals surface area contributed by atoms with Gasteiger partial charge in [0.1, 0.15) is 6.54 Å². The topological polar surface area (TPSA) is 29.1 Å². The van der Waals surface area contributed by atoms with Crippen LogP contribution in [0.25, 0.3) is 6.08 Å². The molecule has 2 aromatic rings. The number of nitrogens with zero attached hydrogens (tertiary/aromatic N) is 1. The lowest BCUT2D eigenvalue weighted by Gasteiger charge is -2.38. The standard InChI is InChI=1S/C22H25BrN2O.ClH/c1-25(13-3-2-4-14-25)17-19-8-6-10-21(16-19)24-22(26)12-11-18-7-5-9-20(23)15-18;/h5-12,15-16H,2-4,13-14,17H2,1H3;1H. The molecule has 5 heteroatoms. The van der Waals surface area contributed by atoms with Crippen LogP contribution in [0.4, 0.5) is 5.69 Å². The van der Waals surface area contributed by atoms with E-state index in [1.54, 1.807) is 6.08 Å². The summed E-state index contributed by atoms with van der Waals surface area (Å²) in [5.41, 5.74) is 3.13. The molecule has 0 atom stereocenters. The zero-order valence-corrected chi connectivity index (χ0v) is 18.0. The lowest BCUT2D eigenvalue weighted by atomic mass is 10.1. The zero-order chi connectivity index (χ0) is 18.4. The number of anilines is 1. The lowest BCUT2D eigenvalue weighted by Crippen LogP contribution is -3.00. The fourth-order valence-electron chi connectivity index (χ4n) is 3.59. The predicted molar refractivity (Wildman–Crippen MR) is 112 cm³/mol. The van der Waals surface area contributed by atoms with E-state index in [0.717, 1.165) is 26.8 Å². The number of carbonyl (C=O) groups excluding carboxylic acids is 1. The Morgan fingerprint density at radius 2 is 1.85 bits per heavy atom. The van der Waals surface area contributed by atoms with E-state index in [2.05, 4.69) is 40.4 Å². The molecule has 1 amide bonds. The molecule has 2 aromatic carbocycles. The Morgan fingerprint density at radius 1 is 1.11 bits per heavy atom. The Kier molecular flexibility index (Phi) is 8.08. The molecule has 3 nitrogen and oxygen atoms in total. The van der Waals surface area contributed by atoms with E-state index in [0.29, 0.717) is 0 Å². The van der Waals surface area contributed by atoms with E-state index in [4.69, 9.17) is 0 Å². The number of likely N-dealkylation sites (tertiary alicyclic amines) is 1. The van der Waals surface area contributed by atoms with E-state index in [-0.39, 0.29) is 18.3 Å². The van der Waals surface area contributed by atoms with Gasteiger partial charge in [-0.25, -0.2) is 0 Å². The van der Waals surface area contributed by atoms with Crippen molar-refractivity contribution in [2.24, 2.45) is 0 Å². The van der Waals surface area contributed by atoms with Gasteiger partial charge >= 0.3 is 0 Å². The third kappa shape index (κ3) is 6.80. The second kappa shape index (κ2) is 10.1. The molecule has 27 heavy (non-hydrogen) atoms. The number of carbonyl (C=O) groups is 1. The van der Waals surface area contributed by atoms with Gasteiger partial charge in [0.25, 0.3) is 0 Å². The first kappa shape index (κ1) is 21.7. The highest BCUT2D eigenvalue weighted by Gasteiger charge is 2.24. The molecule has 0 saturated carbocycles. The van der Waals surface area contributed by atoms with Crippen LogP contribution in [0.3, 0.4) is 0 Å². The Balaban J connectivity index is 0.00000261. The van der Waals surface area contributed by atoms with Crippen molar-refractivity contribution in [3.63, 3.8) is 0 Å².